The molecule has 0 radical (unpaired) electrons. The molecular weight excluding hydrogens is 629 g/mol. The molecule has 0 spiro atoms. The highest BCUT2D eigenvalue weighted by Crippen LogP contribution is 2.35. The maximum absolute atomic E-state index is 12.7. The van der Waals surface area contributed by atoms with E-state index in [0.29, 0.717) is 35.1 Å². The molecule has 0 bridgehead atoms. The average molecular weight is 667 g/mol. The van der Waals surface area contributed by atoms with Gasteiger partial charge in [-0.1, -0.05) is 56.8 Å². The molecule has 1 aromatic heterocycles. The lowest BCUT2D eigenvalue weighted by molar-refractivity contribution is -0.274. The number of ether oxygens (including phenoxy) is 2. The van der Waals surface area contributed by atoms with Crippen LogP contribution in [0.2, 0.25) is 0 Å². The molecule has 0 aliphatic carbocycles. The van der Waals surface area contributed by atoms with E-state index >= 15 is 0 Å². The van der Waals surface area contributed by atoms with Gasteiger partial charge in [0.25, 0.3) is 0 Å². The van der Waals surface area contributed by atoms with Gasteiger partial charge in [-0.2, -0.15) is 4.99 Å². The van der Waals surface area contributed by atoms with Gasteiger partial charge in [-0.05, 0) is 78.3 Å². The number of amides is 2. The number of nitrogens with one attached hydrogen (secondary N) is 1. The zero-order valence-electron chi connectivity index (χ0n) is 26.6. The summed E-state index contributed by atoms with van der Waals surface area (Å²) in [5, 5.41) is 8.12. The standard InChI is InChI=1S/C34H37F3N6O3S/c1-22(2)29-20-28(45-4)13-14-30(29)42-17-18-47-33(42)40-32(44)38-16-15-23(3)19-24-5-7-25(8-6-24)31-39-21-43(41-31)26-9-11-27(12-10-26)46-34(35,36)37/h5-14,20-23H,15-19H2,1-4H3,(H,38,44)/b40-33-. The highest BCUT2D eigenvalue weighted by molar-refractivity contribution is 8.14. The van der Waals surface area contributed by atoms with E-state index < -0.39 is 6.36 Å². The molecule has 1 unspecified atom stereocenters. The number of nitrogens with zero attached hydrogens (tertiary/aromatic N) is 5. The highest BCUT2D eigenvalue weighted by atomic mass is 32.2. The fraction of sp³-hybridized carbons (Fsp3) is 0.353. The third-order valence-corrected chi connectivity index (χ3v) is 8.61. The molecular formula is C34H37F3N6O3S. The van der Waals surface area contributed by atoms with Crippen LogP contribution >= 0.6 is 11.8 Å². The van der Waals surface area contributed by atoms with Crippen LogP contribution in [0.1, 0.15) is 44.2 Å². The summed E-state index contributed by atoms with van der Waals surface area (Å²) >= 11 is 1.58. The maximum Gasteiger partial charge on any atom is 0.573 e. The Morgan fingerprint density at radius 2 is 1.77 bits per heavy atom. The first-order valence-corrected chi connectivity index (χ1v) is 16.3. The van der Waals surface area contributed by atoms with Crippen LogP contribution in [0.4, 0.5) is 23.7 Å². The minimum Gasteiger partial charge on any atom is -0.497 e. The van der Waals surface area contributed by atoms with E-state index in [1.54, 1.807) is 18.9 Å². The number of carbonyl (C=O) groups is 1. The number of hydrogen-bond donors (Lipinski definition) is 1. The molecule has 1 N–H and O–H groups in total. The number of rotatable bonds is 11. The van der Waals surface area contributed by atoms with Crippen molar-refractivity contribution in [3.05, 3.63) is 84.2 Å². The van der Waals surface area contributed by atoms with Crippen LogP contribution in [0.25, 0.3) is 17.1 Å². The minimum atomic E-state index is -4.74. The normalized spacial score (nSPS) is 14.9. The van der Waals surface area contributed by atoms with Crippen LogP contribution in [-0.4, -0.2) is 58.3 Å². The van der Waals surface area contributed by atoms with E-state index in [1.165, 1.54) is 35.3 Å². The molecule has 3 aromatic carbocycles. The van der Waals surface area contributed by atoms with Gasteiger partial charge < -0.3 is 19.7 Å². The van der Waals surface area contributed by atoms with Crippen LogP contribution < -0.4 is 19.7 Å². The number of benzene rings is 3. The zero-order valence-corrected chi connectivity index (χ0v) is 27.4. The van der Waals surface area contributed by atoms with Gasteiger partial charge in [-0.15, -0.1) is 18.3 Å². The SMILES string of the molecule is COc1ccc(N2CCS/C2=N\C(=O)NCCC(C)Cc2ccc(-c3ncn(-c4ccc(OC(F)(F)F)cc4)n3)cc2)c(C(C)C)c1. The molecule has 1 aliphatic heterocycles. The van der Waals surface area contributed by atoms with Crippen LogP contribution in [0.3, 0.4) is 0 Å². The van der Waals surface area contributed by atoms with E-state index in [4.69, 9.17) is 4.74 Å². The number of urea groups is 1. The van der Waals surface area contributed by atoms with E-state index in [1.807, 2.05) is 42.5 Å². The summed E-state index contributed by atoms with van der Waals surface area (Å²) < 4.78 is 48.1. The number of carbonyl (C=O) groups excluding carboxylic acids is 1. The summed E-state index contributed by atoms with van der Waals surface area (Å²) in [6.45, 7) is 7.73. The van der Waals surface area contributed by atoms with Crippen LogP contribution in [-0.2, 0) is 6.42 Å². The Morgan fingerprint density at radius 1 is 1.04 bits per heavy atom. The molecule has 1 fully saturated rings. The molecule has 4 aromatic rings. The van der Waals surface area contributed by atoms with Crippen molar-refractivity contribution in [2.75, 3.05) is 30.9 Å². The Morgan fingerprint density at radius 3 is 2.45 bits per heavy atom. The molecule has 13 heteroatoms. The van der Waals surface area contributed by atoms with Crippen molar-refractivity contribution < 1.29 is 27.4 Å². The third-order valence-electron chi connectivity index (χ3n) is 7.66. The molecule has 2 amide bonds. The lowest BCUT2D eigenvalue weighted by Crippen LogP contribution is -2.29. The van der Waals surface area contributed by atoms with Crippen LogP contribution in [0, 0.1) is 5.92 Å². The van der Waals surface area contributed by atoms with Crippen LogP contribution in [0.15, 0.2) is 78.0 Å². The second-order valence-corrected chi connectivity index (χ2v) is 12.6. The Balaban J connectivity index is 1.11. The molecule has 248 valence electrons. The number of thioether (sulfide) groups is 1. The first kappa shape index (κ1) is 33.8. The summed E-state index contributed by atoms with van der Waals surface area (Å²) in [7, 11) is 1.66. The molecule has 47 heavy (non-hydrogen) atoms. The van der Waals surface area contributed by atoms with Gasteiger partial charge >= 0.3 is 12.4 Å². The molecule has 1 atom stereocenters. The number of aliphatic imine (C=N–C) groups is 1. The Kier molecular flexibility index (Phi) is 10.7. The second kappa shape index (κ2) is 14.9. The van der Waals surface area contributed by atoms with Crippen molar-refractivity contribution in [3.63, 3.8) is 0 Å². The van der Waals surface area contributed by atoms with Crippen molar-refractivity contribution in [3.8, 4) is 28.6 Å². The summed E-state index contributed by atoms with van der Waals surface area (Å²) in [4.78, 5) is 23.6. The van der Waals surface area contributed by atoms with Gasteiger partial charge in [0.15, 0.2) is 11.0 Å². The Bertz CT molecular complexity index is 1690. The number of anilines is 1. The van der Waals surface area contributed by atoms with Gasteiger partial charge in [0.1, 0.15) is 17.8 Å². The van der Waals surface area contributed by atoms with Crippen LogP contribution in [0.5, 0.6) is 11.5 Å². The fourth-order valence-corrected chi connectivity index (χ4v) is 6.20. The van der Waals surface area contributed by atoms with E-state index in [2.05, 4.69) is 50.8 Å². The van der Waals surface area contributed by atoms with Gasteiger partial charge in [0.05, 0.1) is 12.8 Å². The summed E-state index contributed by atoms with van der Waals surface area (Å²) in [6.07, 6.45) is -1.61. The fourth-order valence-electron chi connectivity index (χ4n) is 5.25. The highest BCUT2D eigenvalue weighted by Gasteiger charge is 2.31. The van der Waals surface area contributed by atoms with Crippen molar-refractivity contribution in [2.45, 2.75) is 45.9 Å². The summed E-state index contributed by atoms with van der Waals surface area (Å²) in [5.74, 6) is 2.47. The first-order valence-electron chi connectivity index (χ1n) is 15.3. The monoisotopic (exact) mass is 666 g/mol. The van der Waals surface area contributed by atoms with Crippen molar-refractivity contribution >= 4 is 28.6 Å². The van der Waals surface area contributed by atoms with Gasteiger partial charge in [0, 0.05) is 30.1 Å². The third kappa shape index (κ3) is 9.06. The molecule has 1 aliphatic rings. The number of aromatic nitrogens is 3. The lowest BCUT2D eigenvalue weighted by atomic mass is 9.97. The average Bonchev–Trinajstić information content (AvgIpc) is 3.71. The topological polar surface area (TPSA) is 93.9 Å². The summed E-state index contributed by atoms with van der Waals surface area (Å²) in [5.41, 5.74) is 4.72. The van der Waals surface area contributed by atoms with E-state index in [-0.39, 0.29) is 11.8 Å². The number of amidine groups is 1. The van der Waals surface area contributed by atoms with Crippen molar-refractivity contribution in [2.24, 2.45) is 10.9 Å². The Hall–Kier alpha value is -4.52. The molecule has 0 saturated carbocycles. The van der Waals surface area contributed by atoms with Crippen molar-refractivity contribution in [1.29, 1.82) is 0 Å². The Labute approximate surface area is 276 Å². The van der Waals surface area contributed by atoms with Gasteiger partial charge in [0.2, 0.25) is 0 Å². The van der Waals surface area contributed by atoms with Crippen molar-refractivity contribution in [1.82, 2.24) is 20.1 Å². The van der Waals surface area contributed by atoms with Gasteiger partial charge in [-0.3, -0.25) is 0 Å². The minimum absolute atomic E-state index is 0.290. The molecule has 9 nitrogen and oxygen atoms in total. The predicted octanol–water partition coefficient (Wildman–Crippen LogP) is 7.85. The second-order valence-electron chi connectivity index (χ2n) is 11.6. The molecule has 1 saturated heterocycles. The molecule has 5 rings (SSSR count). The smallest absolute Gasteiger partial charge is 0.497 e. The summed E-state index contributed by atoms with van der Waals surface area (Å²) in [6, 6.07) is 19.0. The number of halogens is 3. The first-order chi connectivity index (χ1) is 22.5. The number of alkyl halides is 3. The van der Waals surface area contributed by atoms with E-state index in [0.717, 1.165) is 53.3 Å². The number of hydrogen-bond acceptors (Lipinski definition) is 6. The predicted molar refractivity (Wildman–Crippen MR) is 179 cm³/mol. The van der Waals surface area contributed by atoms with Gasteiger partial charge in [-0.25, -0.2) is 14.5 Å². The maximum atomic E-state index is 12.7. The van der Waals surface area contributed by atoms with E-state index in [9.17, 15) is 18.0 Å². The lowest BCUT2D eigenvalue weighted by Gasteiger charge is -2.23. The zero-order chi connectivity index (χ0) is 33.6. The quantitative estimate of drug-likeness (QED) is 0.174. The number of methoxy groups -OCH3 is 1. The largest absolute Gasteiger partial charge is 0.573 e. The molecule has 2 heterocycles.